The van der Waals surface area contributed by atoms with Gasteiger partial charge in [0.25, 0.3) is 5.91 Å². The Morgan fingerprint density at radius 3 is 2.50 bits per heavy atom. The topological polar surface area (TPSA) is 42.2 Å². The lowest BCUT2D eigenvalue weighted by molar-refractivity contribution is -0.0503. The molecule has 4 saturated carbocycles. The lowest BCUT2D eigenvalue weighted by Crippen LogP contribution is -2.51. The van der Waals surface area contributed by atoms with Crippen molar-refractivity contribution in [3.05, 3.63) is 34.5 Å². The van der Waals surface area contributed by atoms with Gasteiger partial charge in [-0.25, -0.2) is 0 Å². The molecule has 126 valence electrons. The first-order valence-corrected chi connectivity index (χ1v) is 9.84. The molecule has 4 aliphatic carbocycles. The molecule has 1 N–H and O–H groups in total. The number of amides is 1. The van der Waals surface area contributed by atoms with Gasteiger partial charge in [0.15, 0.2) is 0 Å². The zero-order valence-electron chi connectivity index (χ0n) is 13.7. The molecule has 0 saturated heterocycles. The van der Waals surface area contributed by atoms with Crippen LogP contribution in [0.1, 0.15) is 48.9 Å². The van der Waals surface area contributed by atoms with Gasteiger partial charge < -0.3 is 9.73 Å². The highest BCUT2D eigenvalue weighted by atomic mass is 79.9. The fraction of sp³-hybridized carbons (Fsp3) is 0.550. The smallest absolute Gasteiger partial charge is 0.252 e. The normalized spacial score (nSPS) is 34.0. The predicted octanol–water partition coefficient (Wildman–Crippen LogP) is 5.14. The third kappa shape index (κ3) is 2.42. The Bertz CT molecular complexity index is 774. The van der Waals surface area contributed by atoms with E-state index in [-0.39, 0.29) is 5.91 Å². The summed E-state index contributed by atoms with van der Waals surface area (Å²) in [7, 11) is 0. The van der Waals surface area contributed by atoms with E-state index in [1.165, 1.54) is 38.5 Å². The predicted molar refractivity (Wildman–Crippen MR) is 96.9 cm³/mol. The second kappa shape index (κ2) is 5.35. The minimum absolute atomic E-state index is 0.0263. The zero-order chi connectivity index (χ0) is 16.3. The molecule has 1 amide bonds. The Hall–Kier alpha value is -1.29. The summed E-state index contributed by atoms with van der Waals surface area (Å²) >= 11 is 3.48. The van der Waals surface area contributed by atoms with Crippen molar-refractivity contribution in [2.24, 2.45) is 23.2 Å². The lowest BCUT2D eigenvalue weighted by atomic mass is 9.49. The van der Waals surface area contributed by atoms with Crippen molar-refractivity contribution in [2.45, 2.75) is 38.5 Å². The van der Waals surface area contributed by atoms with Gasteiger partial charge in [-0.15, -0.1) is 0 Å². The molecule has 4 aliphatic rings. The number of benzene rings is 1. The maximum absolute atomic E-state index is 12.8. The van der Waals surface area contributed by atoms with Crippen LogP contribution in [0, 0.1) is 23.2 Å². The number of halogens is 1. The third-order valence-corrected chi connectivity index (χ3v) is 7.03. The highest BCUT2D eigenvalue weighted by Crippen LogP contribution is 2.59. The number of hydrogen-bond acceptors (Lipinski definition) is 2. The number of rotatable bonds is 3. The summed E-state index contributed by atoms with van der Waals surface area (Å²) in [4.78, 5) is 12.8. The van der Waals surface area contributed by atoms with Crippen LogP contribution in [0.25, 0.3) is 11.0 Å². The van der Waals surface area contributed by atoms with E-state index in [1.54, 1.807) is 6.26 Å². The lowest BCUT2D eigenvalue weighted by Gasteiger charge is -2.56. The Morgan fingerprint density at radius 1 is 1.17 bits per heavy atom. The monoisotopic (exact) mass is 387 g/mol. The van der Waals surface area contributed by atoms with Gasteiger partial charge in [-0.1, -0.05) is 15.9 Å². The van der Waals surface area contributed by atoms with Crippen LogP contribution in [0.15, 0.2) is 33.4 Å². The summed E-state index contributed by atoms with van der Waals surface area (Å²) in [6, 6.07) is 5.68. The largest absolute Gasteiger partial charge is 0.464 e. The zero-order valence-corrected chi connectivity index (χ0v) is 15.3. The first kappa shape index (κ1) is 15.0. The second-order valence-electron chi connectivity index (χ2n) is 8.39. The fourth-order valence-electron chi connectivity index (χ4n) is 6.10. The van der Waals surface area contributed by atoms with Crippen molar-refractivity contribution < 1.29 is 9.21 Å². The molecule has 0 spiro atoms. The highest BCUT2D eigenvalue weighted by Gasteiger charge is 2.50. The summed E-state index contributed by atoms with van der Waals surface area (Å²) in [6.45, 7) is 0.835. The molecule has 1 aromatic heterocycles. The molecule has 0 radical (unpaired) electrons. The van der Waals surface area contributed by atoms with Crippen LogP contribution < -0.4 is 5.32 Å². The minimum Gasteiger partial charge on any atom is -0.464 e. The SMILES string of the molecule is O=C(NCC12CC3CC(CC(C3)C1)C2)c1cc(Br)cc2occc12. The summed E-state index contributed by atoms with van der Waals surface area (Å²) in [6.07, 6.45) is 9.92. The van der Waals surface area contributed by atoms with Crippen molar-refractivity contribution in [2.75, 3.05) is 6.54 Å². The van der Waals surface area contributed by atoms with E-state index in [9.17, 15) is 4.79 Å². The van der Waals surface area contributed by atoms with Crippen molar-refractivity contribution in [3.63, 3.8) is 0 Å². The minimum atomic E-state index is 0.0263. The highest BCUT2D eigenvalue weighted by molar-refractivity contribution is 9.10. The molecule has 0 unspecified atom stereocenters. The molecule has 0 atom stereocenters. The Kier molecular flexibility index (Phi) is 3.35. The van der Waals surface area contributed by atoms with Crippen LogP contribution in [0.2, 0.25) is 0 Å². The molecule has 1 aromatic carbocycles. The molecule has 1 heterocycles. The van der Waals surface area contributed by atoms with Crippen LogP contribution in [0.4, 0.5) is 0 Å². The molecule has 24 heavy (non-hydrogen) atoms. The van der Waals surface area contributed by atoms with Crippen LogP contribution in [0.5, 0.6) is 0 Å². The van der Waals surface area contributed by atoms with E-state index in [4.69, 9.17) is 4.42 Å². The van der Waals surface area contributed by atoms with Crippen LogP contribution >= 0.6 is 15.9 Å². The molecule has 0 aliphatic heterocycles. The first-order chi connectivity index (χ1) is 11.6. The van der Waals surface area contributed by atoms with Crippen molar-refractivity contribution >= 4 is 32.8 Å². The van der Waals surface area contributed by atoms with E-state index >= 15 is 0 Å². The molecule has 3 nitrogen and oxygen atoms in total. The van der Waals surface area contributed by atoms with Gasteiger partial charge in [0.2, 0.25) is 0 Å². The summed E-state index contributed by atoms with van der Waals surface area (Å²) in [5.74, 6) is 2.78. The van der Waals surface area contributed by atoms with Gasteiger partial charge in [0.1, 0.15) is 5.58 Å². The van der Waals surface area contributed by atoms with E-state index in [0.29, 0.717) is 11.0 Å². The van der Waals surface area contributed by atoms with Crippen molar-refractivity contribution in [3.8, 4) is 0 Å². The maximum atomic E-state index is 12.8. The number of carbonyl (C=O) groups excluding carboxylic acids is 1. The summed E-state index contributed by atoms with van der Waals surface area (Å²) in [5, 5.41) is 4.15. The van der Waals surface area contributed by atoms with Gasteiger partial charge in [-0.2, -0.15) is 0 Å². The molecule has 2 aromatic rings. The summed E-state index contributed by atoms with van der Waals surface area (Å²) in [5.41, 5.74) is 1.83. The Morgan fingerprint density at radius 2 is 1.83 bits per heavy atom. The van der Waals surface area contributed by atoms with Gasteiger partial charge in [0.05, 0.1) is 11.8 Å². The third-order valence-electron chi connectivity index (χ3n) is 6.57. The van der Waals surface area contributed by atoms with Crippen LogP contribution in [0.3, 0.4) is 0 Å². The van der Waals surface area contributed by atoms with E-state index < -0.39 is 0 Å². The molecule has 4 bridgehead atoms. The van der Waals surface area contributed by atoms with Gasteiger partial charge >= 0.3 is 0 Å². The molecular weight excluding hydrogens is 366 g/mol. The molecular formula is C20H22BrNO2. The first-order valence-electron chi connectivity index (χ1n) is 9.05. The average molecular weight is 388 g/mol. The van der Waals surface area contributed by atoms with Gasteiger partial charge in [-0.3, -0.25) is 4.79 Å². The maximum Gasteiger partial charge on any atom is 0.252 e. The molecule has 4 heteroatoms. The van der Waals surface area contributed by atoms with Gasteiger partial charge in [0, 0.05) is 16.4 Å². The average Bonchev–Trinajstić information content (AvgIpc) is 2.98. The Labute approximate surface area is 150 Å². The Balaban J connectivity index is 1.36. The number of carbonyl (C=O) groups is 1. The van der Waals surface area contributed by atoms with Gasteiger partial charge in [-0.05, 0) is 79.9 Å². The van der Waals surface area contributed by atoms with Crippen LogP contribution in [-0.4, -0.2) is 12.5 Å². The standard InChI is InChI=1S/C20H22BrNO2/c21-15-6-17(16-1-2-24-18(16)7-15)19(23)22-11-20-8-12-3-13(9-20)5-14(4-12)10-20/h1-2,6-7,12-14H,3-5,8-11H2,(H,22,23). The fourth-order valence-corrected chi connectivity index (χ4v) is 6.53. The number of hydrogen-bond donors (Lipinski definition) is 1. The quantitative estimate of drug-likeness (QED) is 0.791. The van der Waals surface area contributed by atoms with Crippen LogP contribution in [-0.2, 0) is 0 Å². The number of fused-ring (bicyclic) bond motifs is 1. The van der Waals surface area contributed by atoms with E-state index in [0.717, 1.165) is 39.7 Å². The van der Waals surface area contributed by atoms with Crippen molar-refractivity contribution in [1.82, 2.24) is 5.32 Å². The summed E-state index contributed by atoms with van der Waals surface area (Å²) < 4.78 is 6.34. The molecule has 6 rings (SSSR count). The van der Waals surface area contributed by atoms with E-state index in [2.05, 4.69) is 21.2 Å². The second-order valence-corrected chi connectivity index (χ2v) is 9.30. The van der Waals surface area contributed by atoms with Crippen molar-refractivity contribution in [1.29, 1.82) is 0 Å². The van der Waals surface area contributed by atoms with E-state index in [1.807, 2.05) is 18.2 Å². The number of furan rings is 1. The molecule has 4 fully saturated rings. The number of nitrogens with one attached hydrogen (secondary N) is 1.